The number of aliphatic hydroxyl groups excluding tert-OH is 1. The number of fused-ring (bicyclic) bond motifs is 1. The number of likely N-dealkylation sites (N-methyl/N-ethyl adjacent to an activating group) is 7. The molecule has 28 nitrogen and oxygen atoms in total. The van der Waals surface area contributed by atoms with E-state index in [-0.39, 0.29) is 73.5 Å². The quantitative estimate of drug-likeness (QED) is 0.119. The first kappa shape index (κ1) is 82.0. The van der Waals surface area contributed by atoms with Crippen LogP contribution in [0.3, 0.4) is 0 Å². The first-order chi connectivity index (χ1) is 43.8. The smallest absolute Gasteiger partial charge is 0.294 e. The van der Waals surface area contributed by atoms with Gasteiger partial charge in [0.25, 0.3) is 10.1 Å². The van der Waals surface area contributed by atoms with Gasteiger partial charge in [-0.05, 0) is 106 Å². The maximum absolute atomic E-state index is 15.4. The van der Waals surface area contributed by atoms with Gasteiger partial charge < -0.3 is 65.7 Å². The fourth-order valence-corrected chi connectivity index (χ4v) is 12.4. The summed E-state index contributed by atoms with van der Waals surface area (Å²) >= 11 is 0. The van der Waals surface area contributed by atoms with Crippen molar-refractivity contribution in [1.82, 2.24) is 65.5 Å². The highest BCUT2D eigenvalue weighted by Gasteiger charge is 2.46. The van der Waals surface area contributed by atoms with Gasteiger partial charge in [0.05, 0.1) is 28.6 Å². The van der Waals surface area contributed by atoms with Crippen LogP contribution in [0.25, 0.3) is 11.0 Å². The Morgan fingerprint density at radius 1 is 0.516 bits per heavy atom. The van der Waals surface area contributed by atoms with Crippen LogP contribution in [0.5, 0.6) is 0 Å². The number of carbonyl (C=O) groups excluding carboxylic acids is 11. The van der Waals surface area contributed by atoms with Crippen LogP contribution in [0.4, 0.5) is 0 Å². The molecule has 11 amide bonds. The van der Waals surface area contributed by atoms with Crippen LogP contribution in [0.1, 0.15) is 149 Å². The molecule has 1 aliphatic rings. The van der Waals surface area contributed by atoms with E-state index in [1.165, 1.54) is 99.8 Å². The molecule has 0 spiro atoms. The first-order valence-electron chi connectivity index (χ1n) is 33.0. The second-order valence-electron chi connectivity index (χ2n) is 28.3. The Kier molecular flexibility index (Phi) is 30.3. The zero-order chi connectivity index (χ0) is 72.9. The Balaban J connectivity index is 2.34. The van der Waals surface area contributed by atoms with Crippen molar-refractivity contribution < 1.29 is 70.8 Å². The maximum Gasteiger partial charge on any atom is 0.294 e. The van der Waals surface area contributed by atoms with E-state index in [9.17, 15) is 51.6 Å². The molecule has 7 N–H and O–H groups in total. The largest absolute Gasteiger partial charge is 0.390 e. The van der Waals surface area contributed by atoms with Crippen molar-refractivity contribution in [1.29, 1.82) is 0 Å². The maximum atomic E-state index is 15.4. The summed E-state index contributed by atoms with van der Waals surface area (Å²) in [6, 6.07) is -9.40. The standard InChI is InChI=1S/C66H111N13O15S/c1-24-44-62(87)73(17)33-52(80)74(18)47(27-34(2)3)59(84)72-53(38(10)11)65(90)75(19)48(28-35(4)5)58(83)67-41(15)57(82)68-42(16)61(86)76(20)49(29-36(6)7)63(88)77(21)50(30-37(8)9)64(89)78(22)54(39(12)13)66(91)79(23)55(60(85)71-44)56(81)40(14)31-51-69-45-26-25-43(95(92,93)94)32-46(45)70-51/h25-26,32,34-42,44,47-50,53-56,81H,24,27-31,33H2,1-23H3,(H,67,83)(H,68,82)(H,69,70)(H,71,85)(H,72,84)(H,92,93,94). The third-order valence-electron chi connectivity index (χ3n) is 17.6. The topological polar surface area (TPSA) is 362 Å². The Hall–Kier alpha value is -7.27. The fraction of sp³-hybridized carbons (Fsp3) is 0.727. The van der Waals surface area contributed by atoms with Crippen molar-refractivity contribution in [3.05, 3.63) is 24.0 Å². The van der Waals surface area contributed by atoms with Crippen molar-refractivity contribution in [3.63, 3.8) is 0 Å². The third kappa shape index (κ3) is 21.6. The zero-order valence-electron chi connectivity index (χ0n) is 60.3. The molecule has 1 aromatic heterocycles. The summed E-state index contributed by atoms with van der Waals surface area (Å²) in [5.41, 5.74) is 0.534. The van der Waals surface area contributed by atoms with E-state index in [1.54, 1.807) is 41.5 Å². The molecule has 3 rings (SSSR count). The summed E-state index contributed by atoms with van der Waals surface area (Å²) in [6.07, 6.45) is -1.50. The molecule has 2 aromatic rings. The summed E-state index contributed by atoms with van der Waals surface area (Å²) < 4.78 is 33.7. The summed E-state index contributed by atoms with van der Waals surface area (Å²) in [5.74, 6) is -10.8. The molecular weight excluding hydrogens is 1250 g/mol. The van der Waals surface area contributed by atoms with E-state index in [2.05, 4.69) is 31.2 Å². The molecule has 0 aliphatic carbocycles. The van der Waals surface area contributed by atoms with E-state index in [1.807, 2.05) is 55.4 Å². The highest BCUT2D eigenvalue weighted by Crippen LogP contribution is 2.27. The lowest BCUT2D eigenvalue weighted by Gasteiger charge is -2.41. The number of imidazole rings is 1. The number of carbonyl (C=O) groups is 11. The van der Waals surface area contributed by atoms with E-state index in [0.29, 0.717) is 5.52 Å². The van der Waals surface area contributed by atoms with E-state index in [0.717, 1.165) is 15.9 Å². The lowest BCUT2D eigenvalue weighted by Crippen LogP contribution is -2.63. The summed E-state index contributed by atoms with van der Waals surface area (Å²) in [7, 11) is 5.02. The van der Waals surface area contributed by atoms with Gasteiger partial charge in [0.15, 0.2) is 0 Å². The molecule has 29 heteroatoms. The fourth-order valence-electron chi connectivity index (χ4n) is 11.9. The number of rotatable bonds is 16. The second-order valence-corrected chi connectivity index (χ2v) is 29.8. The van der Waals surface area contributed by atoms with Crippen LogP contribution in [-0.2, 0) is 69.3 Å². The average Bonchev–Trinajstić information content (AvgIpc) is 1.63. The van der Waals surface area contributed by atoms with Gasteiger partial charge in [-0.3, -0.25) is 57.3 Å². The molecule has 95 heavy (non-hydrogen) atoms. The average molecular weight is 1360 g/mol. The molecule has 12 atom stereocenters. The van der Waals surface area contributed by atoms with Crippen LogP contribution in [0.2, 0.25) is 0 Å². The lowest BCUT2D eigenvalue weighted by molar-refractivity contribution is -0.157. The van der Waals surface area contributed by atoms with Crippen LogP contribution < -0.4 is 21.3 Å². The highest BCUT2D eigenvalue weighted by atomic mass is 32.2. The number of amides is 11. The monoisotopic (exact) mass is 1360 g/mol. The van der Waals surface area contributed by atoms with Crippen molar-refractivity contribution in [2.45, 2.75) is 221 Å². The molecule has 0 bridgehead atoms. The summed E-state index contributed by atoms with van der Waals surface area (Å²) in [4.78, 5) is 177. The molecular formula is C66H111N13O15S. The minimum Gasteiger partial charge on any atom is -0.390 e. The molecule has 1 aliphatic heterocycles. The van der Waals surface area contributed by atoms with Gasteiger partial charge in [-0.15, -0.1) is 0 Å². The van der Waals surface area contributed by atoms with Crippen molar-refractivity contribution in [2.24, 2.45) is 41.4 Å². The molecule has 1 saturated heterocycles. The first-order valence-corrected chi connectivity index (χ1v) is 34.4. The van der Waals surface area contributed by atoms with Crippen molar-refractivity contribution >= 4 is 86.1 Å². The van der Waals surface area contributed by atoms with Gasteiger partial charge in [-0.25, -0.2) is 4.98 Å². The van der Waals surface area contributed by atoms with Gasteiger partial charge in [0.1, 0.15) is 66.2 Å². The Morgan fingerprint density at radius 2 is 0.968 bits per heavy atom. The third-order valence-corrected chi connectivity index (χ3v) is 18.5. The number of H-pyrrole nitrogens is 1. The molecule has 1 aromatic carbocycles. The number of aromatic amines is 1. The van der Waals surface area contributed by atoms with Gasteiger partial charge in [0.2, 0.25) is 65.0 Å². The molecule has 12 unspecified atom stereocenters. The number of nitrogens with zero attached hydrogens (tertiary/aromatic N) is 8. The van der Waals surface area contributed by atoms with Crippen LogP contribution in [0.15, 0.2) is 23.1 Å². The lowest BCUT2D eigenvalue weighted by atomic mass is 9.91. The number of benzene rings is 1. The van der Waals surface area contributed by atoms with Crippen LogP contribution in [0, 0.1) is 41.4 Å². The Labute approximate surface area is 562 Å². The van der Waals surface area contributed by atoms with Gasteiger partial charge in [0, 0.05) is 55.8 Å². The summed E-state index contributed by atoms with van der Waals surface area (Å²) in [5, 5.41) is 23.4. The van der Waals surface area contributed by atoms with E-state index < -0.39 is 171 Å². The number of aromatic nitrogens is 2. The normalized spacial score (nSPS) is 25.5. The molecule has 2 heterocycles. The second kappa shape index (κ2) is 35.1. The van der Waals surface area contributed by atoms with Gasteiger partial charge in [-0.2, -0.15) is 8.42 Å². The van der Waals surface area contributed by atoms with Crippen LogP contribution in [-0.4, -0.2) is 250 Å². The predicted molar refractivity (Wildman–Crippen MR) is 359 cm³/mol. The SMILES string of the molecule is CCC1NC(=O)C(C(O)C(C)Cc2nc3ccc(S(=O)(=O)O)cc3[nH]2)N(C)C(=O)C(C(C)C)N(C)C(=O)C(CC(C)C)N(C)C(=O)C(CC(C)C)N(C)C(=O)C(C)NC(=O)C(C)NC(=O)C(CC(C)C)N(C)C(=O)C(C(C)C)NC(=O)C(CC(C)C)N(C)C(=O)CN(C)C1=O. The minimum atomic E-state index is -4.60. The van der Waals surface area contributed by atoms with Gasteiger partial charge in [-0.1, -0.05) is 96.9 Å². The minimum absolute atomic E-state index is 0.0684. The van der Waals surface area contributed by atoms with Gasteiger partial charge >= 0.3 is 0 Å². The van der Waals surface area contributed by atoms with E-state index in [4.69, 9.17) is 0 Å². The number of hydrogen-bond donors (Lipinski definition) is 7. The number of aliphatic hydroxyl groups is 1. The molecule has 536 valence electrons. The summed E-state index contributed by atoms with van der Waals surface area (Å²) in [6.45, 7) is 26.9. The van der Waals surface area contributed by atoms with E-state index >= 15 is 19.2 Å². The van der Waals surface area contributed by atoms with Crippen molar-refractivity contribution in [3.8, 4) is 0 Å². The molecule has 1 fully saturated rings. The van der Waals surface area contributed by atoms with Crippen LogP contribution >= 0.6 is 0 Å². The molecule has 0 saturated carbocycles. The van der Waals surface area contributed by atoms with Crippen molar-refractivity contribution in [2.75, 3.05) is 55.9 Å². The predicted octanol–water partition coefficient (Wildman–Crippen LogP) is 2.67. The zero-order valence-corrected chi connectivity index (χ0v) is 61.1. The Morgan fingerprint density at radius 3 is 1.45 bits per heavy atom. The number of hydrogen-bond acceptors (Lipinski definition) is 15. The highest BCUT2D eigenvalue weighted by molar-refractivity contribution is 7.85. The number of nitrogens with one attached hydrogen (secondary N) is 5. The Bertz CT molecular complexity index is 3170. The molecule has 0 radical (unpaired) electrons.